The summed E-state index contributed by atoms with van der Waals surface area (Å²) >= 11 is 10.9. The third-order valence-corrected chi connectivity index (χ3v) is 11.2. The lowest BCUT2D eigenvalue weighted by molar-refractivity contribution is -0.140. The van der Waals surface area contributed by atoms with Crippen molar-refractivity contribution >= 4 is 71.2 Å². The molecular weight excluding hydrogens is 592 g/mol. The van der Waals surface area contributed by atoms with Gasteiger partial charge in [0.2, 0.25) is 17.7 Å². The third-order valence-electron chi connectivity index (χ3n) is 7.14. The highest BCUT2D eigenvalue weighted by Gasteiger charge is 2.66. The molecule has 2 bridgehead atoms. The van der Waals surface area contributed by atoms with Crippen molar-refractivity contribution in [1.82, 2.24) is 4.90 Å². The summed E-state index contributed by atoms with van der Waals surface area (Å²) in [5.74, 6) is 0.273. The van der Waals surface area contributed by atoms with Gasteiger partial charge in [-0.25, -0.2) is 0 Å². The van der Waals surface area contributed by atoms with Crippen molar-refractivity contribution in [1.29, 1.82) is 0 Å². The lowest BCUT2D eigenvalue weighted by Crippen LogP contribution is -2.37. The molecule has 5 nitrogen and oxygen atoms in total. The molecule has 3 aliphatic rings. The fourth-order valence-electron chi connectivity index (χ4n) is 5.49. The van der Waals surface area contributed by atoms with Crippen molar-refractivity contribution in [2.45, 2.75) is 55.6 Å². The van der Waals surface area contributed by atoms with Gasteiger partial charge in [-0.1, -0.05) is 54.2 Å². The van der Waals surface area contributed by atoms with Gasteiger partial charge < -0.3 is 5.32 Å². The van der Waals surface area contributed by atoms with E-state index in [0.29, 0.717) is 13.0 Å². The monoisotopic (exact) mass is 616 g/mol. The number of anilines is 1. The Hall–Kier alpha value is -0.730. The van der Waals surface area contributed by atoms with Crippen LogP contribution >= 0.6 is 47.8 Å². The zero-order valence-electron chi connectivity index (χ0n) is 17.7. The molecule has 6 atom stereocenters. The van der Waals surface area contributed by atoms with Crippen molar-refractivity contribution in [3.63, 3.8) is 0 Å². The number of nitrogens with one attached hydrogen (secondary N) is 1. The number of carbonyl (C=O) groups is 3. The highest BCUT2D eigenvalue weighted by Crippen LogP contribution is 2.60. The smallest absolute Gasteiger partial charge is 0.233 e. The van der Waals surface area contributed by atoms with Gasteiger partial charge in [-0.3, -0.25) is 19.3 Å². The molecule has 0 aromatic heterocycles. The highest BCUT2D eigenvalue weighted by molar-refractivity contribution is 9.12. The van der Waals surface area contributed by atoms with E-state index in [-0.39, 0.29) is 51.0 Å². The predicted octanol–water partition coefficient (Wildman–Crippen LogP) is 5.34. The molecule has 168 valence electrons. The molecular formula is C23H27Br3N2O3. The van der Waals surface area contributed by atoms with Crippen molar-refractivity contribution in [2.24, 2.45) is 23.7 Å². The largest absolute Gasteiger partial charge is 0.326 e. The van der Waals surface area contributed by atoms with Crippen LogP contribution in [0.2, 0.25) is 0 Å². The number of hydrogen-bond acceptors (Lipinski definition) is 3. The zero-order chi connectivity index (χ0) is 22.4. The van der Waals surface area contributed by atoms with E-state index >= 15 is 0 Å². The summed E-state index contributed by atoms with van der Waals surface area (Å²) in [7, 11) is 0. The number of aryl methyl sites for hydroxylation is 2. The summed E-state index contributed by atoms with van der Waals surface area (Å²) in [6.07, 6.45) is 3.68. The molecule has 2 aliphatic carbocycles. The van der Waals surface area contributed by atoms with Crippen molar-refractivity contribution in [2.75, 3.05) is 11.9 Å². The van der Waals surface area contributed by atoms with E-state index in [1.165, 1.54) is 4.90 Å². The number of carbonyl (C=O) groups excluding carboxylic acids is 3. The van der Waals surface area contributed by atoms with Crippen LogP contribution < -0.4 is 5.32 Å². The van der Waals surface area contributed by atoms with E-state index in [9.17, 15) is 14.4 Å². The minimum Gasteiger partial charge on any atom is -0.326 e. The van der Waals surface area contributed by atoms with Crippen LogP contribution in [0, 0.1) is 37.5 Å². The maximum Gasteiger partial charge on any atom is 0.233 e. The Morgan fingerprint density at radius 1 is 1.00 bits per heavy atom. The van der Waals surface area contributed by atoms with Crippen LogP contribution in [0.4, 0.5) is 5.69 Å². The molecule has 4 rings (SSSR count). The number of fused-ring (bicyclic) bond motifs is 5. The van der Waals surface area contributed by atoms with E-state index in [4.69, 9.17) is 0 Å². The Balaban J connectivity index is 1.22. The van der Waals surface area contributed by atoms with Gasteiger partial charge in [0.15, 0.2) is 0 Å². The summed E-state index contributed by atoms with van der Waals surface area (Å²) in [4.78, 5) is 40.1. The SMILES string of the molecule is Cc1cc(NC(=O)CCCCCN2C(=O)[C@H]3[C@@H]4C[C@@H]([C@@H](Br)[C@H]4Br)[C@@H]3C2=O)c(C)cc1Br. The number of rotatable bonds is 7. The van der Waals surface area contributed by atoms with E-state index < -0.39 is 0 Å². The quantitative estimate of drug-likeness (QED) is 0.255. The Labute approximate surface area is 208 Å². The number of likely N-dealkylation sites (tertiary alicyclic amines) is 1. The van der Waals surface area contributed by atoms with E-state index in [1.807, 2.05) is 26.0 Å². The number of nitrogens with zero attached hydrogens (tertiary/aromatic N) is 1. The summed E-state index contributed by atoms with van der Waals surface area (Å²) in [5, 5.41) is 2.99. The second-order valence-electron chi connectivity index (χ2n) is 9.11. The highest BCUT2D eigenvalue weighted by atomic mass is 79.9. The molecule has 1 heterocycles. The number of halogens is 3. The Kier molecular flexibility index (Phi) is 7.00. The number of hydrogen-bond donors (Lipinski definition) is 1. The molecule has 1 saturated heterocycles. The maximum atomic E-state index is 12.9. The number of alkyl halides is 2. The van der Waals surface area contributed by atoms with E-state index in [0.717, 1.165) is 47.0 Å². The minimum atomic E-state index is -0.140. The molecule has 0 radical (unpaired) electrons. The van der Waals surface area contributed by atoms with Crippen LogP contribution in [-0.4, -0.2) is 38.8 Å². The number of imide groups is 1. The van der Waals surface area contributed by atoms with Crippen LogP contribution in [0.15, 0.2) is 16.6 Å². The first-order chi connectivity index (χ1) is 14.7. The van der Waals surface area contributed by atoms with E-state index in [1.54, 1.807) is 0 Å². The van der Waals surface area contributed by atoms with Gasteiger partial charge in [-0.2, -0.15) is 0 Å². The van der Waals surface area contributed by atoms with Crippen LogP contribution in [0.25, 0.3) is 0 Å². The van der Waals surface area contributed by atoms with Crippen LogP contribution in [0.5, 0.6) is 0 Å². The topological polar surface area (TPSA) is 66.5 Å². The molecule has 0 unspecified atom stereocenters. The molecule has 1 aromatic carbocycles. The van der Waals surface area contributed by atoms with Crippen LogP contribution in [-0.2, 0) is 14.4 Å². The molecule has 2 saturated carbocycles. The maximum absolute atomic E-state index is 12.9. The second kappa shape index (κ2) is 9.26. The summed E-state index contributed by atoms with van der Waals surface area (Å²) in [6.45, 7) is 4.44. The Morgan fingerprint density at radius 3 is 2.23 bits per heavy atom. The molecule has 1 N–H and O–H groups in total. The van der Waals surface area contributed by atoms with Gasteiger partial charge in [0, 0.05) is 32.8 Å². The van der Waals surface area contributed by atoms with Gasteiger partial charge in [0.1, 0.15) is 0 Å². The van der Waals surface area contributed by atoms with Crippen LogP contribution in [0.3, 0.4) is 0 Å². The third kappa shape index (κ3) is 4.29. The summed E-state index contributed by atoms with van der Waals surface area (Å²) in [6, 6.07) is 3.98. The first-order valence-corrected chi connectivity index (χ1v) is 13.5. The first kappa shape index (κ1) is 23.4. The molecule has 0 spiro atoms. The van der Waals surface area contributed by atoms with Crippen molar-refractivity contribution in [3.8, 4) is 0 Å². The normalized spacial score (nSPS) is 31.5. The lowest BCUT2D eigenvalue weighted by Gasteiger charge is -2.28. The molecule has 1 aromatic rings. The molecule has 3 fully saturated rings. The average Bonchev–Trinajstić information content (AvgIpc) is 3.32. The predicted molar refractivity (Wildman–Crippen MR) is 131 cm³/mol. The Bertz CT molecular complexity index is 890. The van der Waals surface area contributed by atoms with Gasteiger partial charge in [0.05, 0.1) is 11.8 Å². The first-order valence-electron chi connectivity index (χ1n) is 10.9. The lowest BCUT2D eigenvalue weighted by atomic mass is 9.81. The average molecular weight is 619 g/mol. The summed E-state index contributed by atoms with van der Waals surface area (Å²) in [5.41, 5.74) is 2.94. The van der Waals surface area contributed by atoms with Gasteiger partial charge in [0.25, 0.3) is 0 Å². The standard InChI is InChI=1S/C23H27Br3N2O3/c1-11-9-16(12(2)8-15(11)24)27-17(29)6-4-3-5-7-28-22(30)18-13-10-14(19(18)23(28)31)21(26)20(13)25/h8-9,13-14,18-21H,3-7,10H2,1-2H3,(H,27,29)/t13-,14+,18-,19-,20-,21+/m0/s1. The van der Waals surface area contributed by atoms with Crippen molar-refractivity contribution < 1.29 is 14.4 Å². The number of amides is 3. The van der Waals surface area contributed by atoms with Gasteiger partial charge in [-0.15, -0.1) is 0 Å². The number of benzene rings is 1. The Morgan fingerprint density at radius 2 is 1.61 bits per heavy atom. The molecule has 8 heteroatoms. The summed E-state index contributed by atoms with van der Waals surface area (Å²) < 4.78 is 1.03. The zero-order valence-corrected chi connectivity index (χ0v) is 22.4. The molecule has 31 heavy (non-hydrogen) atoms. The number of unbranched alkanes of at least 4 members (excludes halogenated alkanes) is 2. The van der Waals surface area contributed by atoms with Gasteiger partial charge >= 0.3 is 0 Å². The van der Waals surface area contributed by atoms with Crippen molar-refractivity contribution in [3.05, 3.63) is 27.7 Å². The minimum absolute atomic E-state index is 0.00372. The van der Waals surface area contributed by atoms with Crippen LogP contribution in [0.1, 0.15) is 43.2 Å². The fourth-order valence-corrected chi connectivity index (χ4v) is 7.82. The fraction of sp³-hybridized carbons (Fsp3) is 0.609. The molecule has 1 aliphatic heterocycles. The molecule has 3 amide bonds. The second-order valence-corrected chi connectivity index (χ2v) is 12.1. The van der Waals surface area contributed by atoms with Gasteiger partial charge in [-0.05, 0) is 68.2 Å². The van der Waals surface area contributed by atoms with E-state index in [2.05, 4.69) is 53.1 Å².